The minimum Gasteiger partial charge on any atom is -0.354 e. The van der Waals surface area contributed by atoms with Gasteiger partial charge in [-0.2, -0.15) is 0 Å². The number of para-hydroxylation sites is 2. The van der Waals surface area contributed by atoms with E-state index in [1.807, 2.05) is 6.08 Å². The number of hydrogen-bond donors (Lipinski definition) is 1. The minimum atomic E-state index is 1.14. The van der Waals surface area contributed by atoms with Gasteiger partial charge in [0.25, 0.3) is 0 Å². The van der Waals surface area contributed by atoms with Gasteiger partial charge in [0.05, 0.1) is 0 Å². The average Bonchev–Trinajstić information content (AvgIpc) is 2.35. The van der Waals surface area contributed by atoms with Gasteiger partial charge in [-0.3, -0.25) is 0 Å². The fraction of sp³-hybridized carbons (Fsp3) is 0.176. The summed E-state index contributed by atoms with van der Waals surface area (Å²) in [4.78, 5) is 0. The Balaban J connectivity index is 2.49. The van der Waals surface area contributed by atoms with Gasteiger partial charge in [0.2, 0.25) is 0 Å². The molecule has 0 unspecified atom stereocenters. The van der Waals surface area contributed by atoms with Gasteiger partial charge in [0, 0.05) is 11.4 Å². The summed E-state index contributed by atoms with van der Waals surface area (Å²) in [5.41, 5.74) is 7.22. The second-order valence-corrected chi connectivity index (χ2v) is 4.64. The lowest BCUT2D eigenvalue weighted by atomic mass is 10.0. The summed E-state index contributed by atoms with van der Waals surface area (Å²) in [6.07, 6.45) is 1.89. The second kappa shape index (κ2) is 5.09. The Morgan fingerprint density at radius 3 is 1.89 bits per heavy atom. The number of rotatable bonds is 3. The van der Waals surface area contributed by atoms with Crippen molar-refractivity contribution in [2.24, 2.45) is 0 Å². The van der Waals surface area contributed by atoms with Gasteiger partial charge in [-0.15, -0.1) is 0 Å². The molecule has 0 aliphatic heterocycles. The first-order valence-corrected chi connectivity index (χ1v) is 6.18. The fourth-order valence-electron chi connectivity index (χ4n) is 2.17. The lowest BCUT2D eigenvalue weighted by molar-refractivity contribution is 1.34. The van der Waals surface area contributed by atoms with Crippen LogP contribution in [0.5, 0.6) is 0 Å². The van der Waals surface area contributed by atoms with E-state index in [4.69, 9.17) is 0 Å². The molecule has 0 aliphatic carbocycles. The Bertz CT molecular complexity index is 562. The highest BCUT2D eigenvalue weighted by atomic mass is 14.9. The van der Waals surface area contributed by atoms with Crippen molar-refractivity contribution in [1.82, 2.24) is 0 Å². The first kappa shape index (κ1) is 12.4. The van der Waals surface area contributed by atoms with Gasteiger partial charge in [0.1, 0.15) is 0 Å². The van der Waals surface area contributed by atoms with Gasteiger partial charge >= 0.3 is 0 Å². The summed E-state index contributed by atoms with van der Waals surface area (Å²) in [5.74, 6) is 0. The van der Waals surface area contributed by atoms with Crippen LogP contribution in [0.2, 0.25) is 0 Å². The molecule has 0 aromatic heterocycles. The van der Waals surface area contributed by atoms with Gasteiger partial charge in [-0.25, -0.2) is 0 Å². The molecule has 1 heteroatoms. The predicted octanol–water partition coefficient (Wildman–Crippen LogP) is 5.00. The maximum atomic E-state index is 3.88. The maximum Gasteiger partial charge on any atom is 0.0487 e. The quantitative estimate of drug-likeness (QED) is 0.792. The predicted molar refractivity (Wildman–Crippen MR) is 80.5 cm³/mol. The molecule has 0 amide bonds. The summed E-state index contributed by atoms with van der Waals surface area (Å²) in [7, 11) is 0. The molecule has 0 spiro atoms. The molecule has 0 saturated heterocycles. The molecule has 2 aromatic carbocycles. The highest BCUT2D eigenvalue weighted by molar-refractivity contribution is 5.76. The summed E-state index contributed by atoms with van der Waals surface area (Å²) >= 11 is 0. The third kappa shape index (κ3) is 2.30. The smallest absolute Gasteiger partial charge is 0.0487 e. The molecule has 0 radical (unpaired) electrons. The Kier molecular flexibility index (Phi) is 3.52. The zero-order valence-electron chi connectivity index (χ0n) is 11.2. The number of nitrogens with one attached hydrogen (secondary N) is 1. The van der Waals surface area contributed by atoms with Crippen LogP contribution in [-0.4, -0.2) is 0 Å². The molecule has 1 N–H and O–H groups in total. The van der Waals surface area contributed by atoms with Crippen LogP contribution in [0.15, 0.2) is 43.0 Å². The van der Waals surface area contributed by atoms with Gasteiger partial charge in [-0.05, 0) is 43.0 Å². The molecule has 2 rings (SSSR count). The van der Waals surface area contributed by atoms with Crippen molar-refractivity contribution in [3.05, 3.63) is 65.2 Å². The molecule has 2 aromatic rings. The Morgan fingerprint density at radius 2 is 1.33 bits per heavy atom. The normalized spacial score (nSPS) is 10.2. The monoisotopic (exact) mass is 237 g/mol. The van der Waals surface area contributed by atoms with Crippen molar-refractivity contribution >= 4 is 17.5 Å². The second-order valence-electron chi connectivity index (χ2n) is 4.64. The lowest BCUT2D eigenvalue weighted by Crippen LogP contribution is -1.99. The standard InChI is InChI=1S/C17H19N/c1-5-15-11-7-10-14(4)17(15)18-16-12(2)8-6-9-13(16)3/h5-11,18H,1H2,2-4H3. The van der Waals surface area contributed by atoms with Crippen molar-refractivity contribution in [3.8, 4) is 0 Å². The van der Waals surface area contributed by atoms with Crippen LogP contribution < -0.4 is 5.32 Å². The third-order valence-corrected chi connectivity index (χ3v) is 3.26. The van der Waals surface area contributed by atoms with E-state index in [0.717, 1.165) is 11.3 Å². The third-order valence-electron chi connectivity index (χ3n) is 3.26. The molecule has 0 aliphatic rings. The first-order valence-electron chi connectivity index (χ1n) is 6.18. The van der Waals surface area contributed by atoms with Crippen molar-refractivity contribution < 1.29 is 0 Å². The van der Waals surface area contributed by atoms with E-state index in [9.17, 15) is 0 Å². The molecular formula is C17H19N. The summed E-state index contributed by atoms with van der Waals surface area (Å²) < 4.78 is 0. The highest BCUT2D eigenvalue weighted by Crippen LogP contribution is 2.29. The molecule has 0 saturated carbocycles. The van der Waals surface area contributed by atoms with E-state index in [1.54, 1.807) is 0 Å². The van der Waals surface area contributed by atoms with E-state index >= 15 is 0 Å². The molecule has 1 nitrogen and oxygen atoms in total. The molecule has 0 heterocycles. The van der Waals surface area contributed by atoms with Gasteiger partial charge in [0.15, 0.2) is 0 Å². The largest absolute Gasteiger partial charge is 0.354 e. The van der Waals surface area contributed by atoms with Crippen LogP contribution >= 0.6 is 0 Å². The Labute approximate surface area is 109 Å². The van der Waals surface area contributed by atoms with Crippen LogP contribution in [0, 0.1) is 20.8 Å². The fourth-order valence-corrected chi connectivity index (χ4v) is 2.17. The molecule has 0 bridgehead atoms. The number of benzene rings is 2. The topological polar surface area (TPSA) is 12.0 Å². The minimum absolute atomic E-state index is 1.14. The molecule has 92 valence electrons. The summed E-state index contributed by atoms with van der Waals surface area (Å²) in [6.45, 7) is 10.2. The summed E-state index contributed by atoms with van der Waals surface area (Å²) in [5, 5.41) is 3.56. The Hall–Kier alpha value is -2.02. The maximum absolute atomic E-state index is 3.88. The van der Waals surface area contributed by atoms with Crippen LogP contribution in [0.25, 0.3) is 6.08 Å². The average molecular weight is 237 g/mol. The van der Waals surface area contributed by atoms with Gasteiger partial charge in [-0.1, -0.05) is 49.1 Å². The SMILES string of the molecule is C=Cc1cccc(C)c1Nc1c(C)cccc1C. The van der Waals surface area contributed by atoms with Crippen LogP contribution in [0.1, 0.15) is 22.3 Å². The molecule has 0 fully saturated rings. The van der Waals surface area contributed by atoms with E-state index in [2.05, 4.69) is 69.1 Å². The number of anilines is 2. The van der Waals surface area contributed by atoms with E-state index in [0.29, 0.717) is 0 Å². The van der Waals surface area contributed by atoms with Crippen molar-refractivity contribution in [2.45, 2.75) is 20.8 Å². The van der Waals surface area contributed by atoms with Gasteiger partial charge < -0.3 is 5.32 Å². The molecule has 0 atom stereocenters. The zero-order valence-corrected chi connectivity index (χ0v) is 11.2. The van der Waals surface area contributed by atoms with E-state index < -0.39 is 0 Å². The molecule has 18 heavy (non-hydrogen) atoms. The highest BCUT2D eigenvalue weighted by Gasteiger charge is 2.07. The summed E-state index contributed by atoms with van der Waals surface area (Å²) in [6, 6.07) is 12.6. The van der Waals surface area contributed by atoms with Crippen molar-refractivity contribution in [3.63, 3.8) is 0 Å². The van der Waals surface area contributed by atoms with Crippen LogP contribution in [-0.2, 0) is 0 Å². The Morgan fingerprint density at radius 1 is 0.833 bits per heavy atom. The van der Waals surface area contributed by atoms with Crippen LogP contribution in [0.4, 0.5) is 11.4 Å². The van der Waals surface area contributed by atoms with E-state index in [1.165, 1.54) is 22.4 Å². The van der Waals surface area contributed by atoms with E-state index in [-0.39, 0.29) is 0 Å². The van der Waals surface area contributed by atoms with Crippen LogP contribution in [0.3, 0.4) is 0 Å². The van der Waals surface area contributed by atoms with Crippen molar-refractivity contribution in [2.75, 3.05) is 5.32 Å². The first-order chi connectivity index (χ1) is 8.63. The lowest BCUT2D eigenvalue weighted by Gasteiger charge is -2.16. The molecular weight excluding hydrogens is 218 g/mol. The van der Waals surface area contributed by atoms with Crippen molar-refractivity contribution in [1.29, 1.82) is 0 Å². The number of aryl methyl sites for hydroxylation is 3. The zero-order chi connectivity index (χ0) is 13.1. The number of hydrogen-bond acceptors (Lipinski definition) is 1.